The third-order valence-corrected chi connectivity index (χ3v) is 5.87. The minimum absolute atomic E-state index is 0.0823. The zero-order valence-corrected chi connectivity index (χ0v) is 17.1. The minimum atomic E-state index is -1.30. The van der Waals surface area contributed by atoms with Crippen LogP contribution in [0.5, 0.6) is 11.5 Å². The van der Waals surface area contributed by atoms with E-state index in [1.165, 1.54) is 38.5 Å². The van der Waals surface area contributed by atoms with E-state index in [-0.39, 0.29) is 11.3 Å². The first kappa shape index (κ1) is 21.3. The minimum Gasteiger partial charge on any atom is -0.497 e. The van der Waals surface area contributed by atoms with E-state index in [1.54, 1.807) is 18.2 Å². The monoisotopic (exact) mass is 440 g/mol. The number of carbonyl (C=O) groups is 4. The van der Waals surface area contributed by atoms with Crippen LogP contribution < -0.4 is 19.7 Å². The molecule has 0 aliphatic carbocycles. The third-order valence-electron chi connectivity index (χ3n) is 5.87. The average Bonchev–Trinajstić information content (AvgIpc) is 3.30. The van der Waals surface area contributed by atoms with E-state index in [2.05, 4.69) is 5.32 Å². The Morgan fingerprint density at radius 1 is 0.969 bits per heavy atom. The molecule has 2 aliphatic rings. The zero-order chi connectivity index (χ0) is 23.2. The molecule has 10 heteroatoms. The largest absolute Gasteiger partial charge is 0.497 e. The fourth-order valence-corrected chi connectivity index (χ4v) is 4.43. The summed E-state index contributed by atoms with van der Waals surface area (Å²) in [5.74, 6) is -5.08. The van der Waals surface area contributed by atoms with Gasteiger partial charge in [0, 0.05) is 17.7 Å². The summed E-state index contributed by atoms with van der Waals surface area (Å²) in [7, 11) is 2.92. The number of rotatable bonds is 6. The summed E-state index contributed by atoms with van der Waals surface area (Å²) >= 11 is 0. The number of carbonyl (C=O) groups excluding carboxylic acids is 2. The van der Waals surface area contributed by atoms with E-state index < -0.39 is 47.7 Å². The van der Waals surface area contributed by atoms with E-state index in [4.69, 9.17) is 9.47 Å². The molecule has 0 bridgehead atoms. The van der Waals surface area contributed by atoms with E-state index in [1.807, 2.05) is 0 Å². The predicted octanol–water partition coefficient (Wildman–Crippen LogP) is 1.31. The molecule has 2 aliphatic heterocycles. The molecule has 2 saturated heterocycles. The van der Waals surface area contributed by atoms with E-state index >= 15 is 0 Å². The highest BCUT2D eigenvalue weighted by Crippen LogP contribution is 2.47. The van der Waals surface area contributed by atoms with Crippen molar-refractivity contribution in [3.05, 3.63) is 53.6 Å². The highest BCUT2D eigenvalue weighted by Gasteiger charge is 2.61. The van der Waals surface area contributed by atoms with Gasteiger partial charge >= 0.3 is 11.9 Å². The van der Waals surface area contributed by atoms with E-state index in [0.29, 0.717) is 17.1 Å². The number of anilines is 1. The number of nitrogens with zero attached hydrogens (tertiary/aromatic N) is 1. The standard InChI is InChI=1S/C22H20N2O8/c1-31-12-6-7-13(14(9-12)32-2)17-15-16(18(23-17)22(29)30)20(26)24(19(15)25)11-5-3-4-10(8-11)21(27)28/h3-9,15-18,23H,1-2H3,(H,27,28)(H,29,30)/t15-,16-,17-,18-/m0/s1. The van der Waals surface area contributed by atoms with Gasteiger partial charge in [-0.15, -0.1) is 0 Å². The Bertz CT molecular complexity index is 1130. The number of nitrogens with one attached hydrogen (secondary N) is 1. The summed E-state index contributed by atoms with van der Waals surface area (Å²) in [6.07, 6.45) is 0. The van der Waals surface area contributed by atoms with Crippen LogP contribution in [-0.2, 0) is 14.4 Å². The molecule has 32 heavy (non-hydrogen) atoms. The second-order valence-electron chi connectivity index (χ2n) is 7.49. The number of hydrogen-bond donors (Lipinski definition) is 3. The first-order valence-corrected chi connectivity index (χ1v) is 9.70. The second kappa shape index (κ2) is 7.97. The van der Waals surface area contributed by atoms with Crippen LogP contribution >= 0.6 is 0 Å². The number of imide groups is 1. The molecule has 4 atom stereocenters. The lowest BCUT2D eigenvalue weighted by molar-refractivity contribution is -0.142. The van der Waals surface area contributed by atoms with Crippen LogP contribution in [0.3, 0.4) is 0 Å². The fourth-order valence-electron chi connectivity index (χ4n) is 4.43. The van der Waals surface area contributed by atoms with Crippen molar-refractivity contribution < 1.29 is 38.9 Å². The first-order chi connectivity index (χ1) is 15.3. The number of carboxylic acids is 2. The number of aliphatic carboxylic acids is 1. The average molecular weight is 440 g/mol. The summed E-state index contributed by atoms with van der Waals surface area (Å²) in [6, 6.07) is 8.21. The van der Waals surface area contributed by atoms with Gasteiger partial charge < -0.3 is 19.7 Å². The maximum absolute atomic E-state index is 13.4. The Balaban J connectivity index is 1.79. The number of hydrogen-bond acceptors (Lipinski definition) is 7. The summed E-state index contributed by atoms with van der Waals surface area (Å²) < 4.78 is 10.6. The van der Waals surface area contributed by atoms with Crippen molar-refractivity contribution >= 4 is 29.4 Å². The summed E-state index contributed by atoms with van der Waals surface area (Å²) in [4.78, 5) is 50.8. The highest BCUT2D eigenvalue weighted by molar-refractivity contribution is 6.24. The van der Waals surface area contributed by atoms with Crippen LogP contribution in [0, 0.1) is 11.8 Å². The van der Waals surface area contributed by atoms with Crippen molar-refractivity contribution in [2.24, 2.45) is 11.8 Å². The Kier molecular flexibility index (Phi) is 5.31. The number of carboxylic acid groups (broad SMARTS) is 2. The number of fused-ring (bicyclic) bond motifs is 1. The van der Waals surface area contributed by atoms with Gasteiger partial charge in [0.05, 0.1) is 37.3 Å². The Hall–Kier alpha value is -3.92. The van der Waals surface area contributed by atoms with Crippen LogP contribution in [0.1, 0.15) is 22.0 Å². The van der Waals surface area contributed by atoms with Gasteiger partial charge in [0.25, 0.3) is 0 Å². The van der Waals surface area contributed by atoms with Crippen LogP contribution in [-0.4, -0.2) is 54.2 Å². The van der Waals surface area contributed by atoms with E-state index in [9.17, 15) is 29.4 Å². The molecule has 2 aromatic rings. The first-order valence-electron chi connectivity index (χ1n) is 9.70. The number of benzene rings is 2. The molecule has 0 spiro atoms. The SMILES string of the molecule is COc1ccc([C@@H]2N[C@H](C(=O)O)[C@H]3C(=O)N(c4cccc(C(=O)O)c4)C(=O)[C@@H]32)c(OC)c1. The molecule has 166 valence electrons. The van der Waals surface area contributed by atoms with Crippen molar-refractivity contribution in [3.63, 3.8) is 0 Å². The highest BCUT2D eigenvalue weighted by atomic mass is 16.5. The summed E-state index contributed by atoms with van der Waals surface area (Å²) in [6.45, 7) is 0. The molecular weight excluding hydrogens is 420 g/mol. The fraction of sp³-hybridized carbons (Fsp3) is 0.273. The third kappa shape index (κ3) is 3.25. The van der Waals surface area contributed by atoms with Gasteiger partial charge in [0.15, 0.2) is 0 Å². The van der Waals surface area contributed by atoms with Crippen LogP contribution in [0.4, 0.5) is 5.69 Å². The van der Waals surface area contributed by atoms with Gasteiger partial charge in [-0.05, 0) is 24.3 Å². The molecule has 0 unspecified atom stereocenters. The normalized spacial score (nSPS) is 24.4. The molecule has 0 saturated carbocycles. The van der Waals surface area contributed by atoms with Gasteiger partial charge in [-0.3, -0.25) is 19.7 Å². The van der Waals surface area contributed by atoms with Gasteiger partial charge in [-0.1, -0.05) is 12.1 Å². The lowest BCUT2D eigenvalue weighted by atomic mass is 9.86. The van der Waals surface area contributed by atoms with Crippen molar-refractivity contribution in [1.82, 2.24) is 5.32 Å². The van der Waals surface area contributed by atoms with Crippen molar-refractivity contribution in [3.8, 4) is 11.5 Å². The lowest BCUT2D eigenvalue weighted by Crippen LogP contribution is -2.43. The van der Waals surface area contributed by atoms with Crippen molar-refractivity contribution in [2.45, 2.75) is 12.1 Å². The molecule has 2 fully saturated rings. The predicted molar refractivity (Wildman–Crippen MR) is 110 cm³/mol. The molecule has 2 heterocycles. The van der Waals surface area contributed by atoms with Crippen molar-refractivity contribution in [2.75, 3.05) is 19.1 Å². The molecule has 4 rings (SSSR count). The quantitative estimate of drug-likeness (QED) is 0.567. The molecular formula is C22H20N2O8. The number of ether oxygens (including phenoxy) is 2. The summed E-state index contributed by atoms with van der Waals surface area (Å²) in [5, 5.41) is 21.9. The molecule has 3 N–H and O–H groups in total. The molecule has 0 aromatic heterocycles. The second-order valence-corrected chi connectivity index (χ2v) is 7.49. The van der Waals surface area contributed by atoms with Crippen molar-refractivity contribution in [1.29, 1.82) is 0 Å². The Morgan fingerprint density at radius 3 is 2.31 bits per heavy atom. The zero-order valence-electron chi connectivity index (χ0n) is 17.1. The van der Waals surface area contributed by atoms with Crippen LogP contribution in [0.25, 0.3) is 0 Å². The number of amides is 2. The molecule has 0 radical (unpaired) electrons. The van der Waals surface area contributed by atoms with Gasteiger partial charge in [0.1, 0.15) is 17.5 Å². The topological polar surface area (TPSA) is 142 Å². The number of methoxy groups -OCH3 is 2. The smallest absolute Gasteiger partial charge is 0.335 e. The maximum Gasteiger partial charge on any atom is 0.335 e. The van der Waals surface area contributed by atoms with Gasteiger partial charge in [-0.25, -0.2) is 9.69 Å². The Labute approximate surface area is 182 Å². The lowest BCUT2D eigenvalue weighted by Gasteiger charge is -2.23. The van der Waals surface area contributed by atoms with E-state index in [0.717, 1.165) is 4.90 Å². The summed E-state index contributed by atoms with van der Waals surface area (Å²) in [5.41, 5.74) is 0.495. The van der Waals surface area contributed by atoms with Gasteiger partial charge in [0.2, 0.25) is 11.8 Å². The molecule has 2 amide bonds. The molecule has 10 nitrogen and oxygen atoms in total. The Morgan fingerprint density at radius 2 is 1.69 bits per heavy atom. The van der Waals surface area contributed by atoms with Crippen LogP contribution in [0.15, 0.2) is 42.5 Å². The molecule has 2 aromatic carbocycles. The van der Waals surface area contributed by atoms with Crippen LogP contribution in [0.2, 0.25) is 0 Å². The maximum atomic E-state index is 13.4. The number of aromatic carboxylic acids is 1. The van der Waals surface area contributed by atoms with Gasteiger partial charge in [-0.2, -0.15) is 0 Å².